The predicted octanol–water partition coefficient (Wildman–Crippen LogP) is 7.57. The van der Waals surface area contributed by atoms with Gasteiger partial charge in [0.25, 0.3) is 0 Å². The number of hydrogen-bond donors (Lipinski definition) is 0. The summed E-state index contributed by atoms with van der Waals surface area (Å²) in [5.41, 5.74) is 6.04. The van der Waals surface area contributed by atoms with Crippen molar-refractivity contribution in [1.29, 1.82) is 0 Å². The number of allylic oxidation sites excluding steroid dienone is 2. The van der Waals surface area contributed by atoms with Gasteiger partial charge in [-0.05, 0) is 66.0 Å². The molecule has 0 aliphatic rings. The molecule has 0 saturated carbocycles. The van der Waals surface area contributed by atoms with Crippen molar-refractivity contribution in [3.05, 3.63) is 83.4 Å². The van der Waals surface area contributed by atoms with Crippen LogP contribution in [0.15, 0.2) is 61.7 Å². The second-order valence-electron chi connectivity index (χ2n) is 6.52. The van der Waals surface area contributed by atoms with Gasteiger partial charge in [-0.25, -0.2) is 0 Å². The Bertz CT molecular complexity index is 711. The molecule has 0 heterocycles. The number of aryl methyl sites for hydroxylation is 1. The molecule has 0 saturated heterocycles. The molecule has 0 nitrogen and oxygen atoms in total. The van der Waals surface area contributed by atoms with E-state index < -0.39 is 0 Å². The van der Waals surface area contributed by atoms with Crippen molar-refractivity contribution in [2.45, 2.75) is 39.5 Å². The highest BCUT2D eigenvalue weighted by Crippen LogP contribution is 2.31. The minimum atomic E-state index is 0.622. The average molecular weight is 339 g/mol. The monoisotopic (exact) mass is 338 g/mol. The lowest BCUT2D eigenvalue weighted by Gasteiger charge is -2.18. The summed E-state index contributed by atoms with van der Waals surface area (Å²) in [5, 5.41) is 0.792. The first-order valence-electron chi connectivity index (χ1n) is 8.69. The Morgan fingerprint density at radius 2 is 1.58 bits per heavy atom. The molecule has 2 rings (SSSR count). The van der Waals surface area contributed by atoms with Crippen LogP contribution in [0.2, 0.25) is 5.02 Å². The van der Waals surface area contributed by atoms with Gasteiger partial charge >= 0.3 is 0 Å². The standard InChI is InChI=1S/C23H27Cl/c1-5-20(16-19(4)21-11-7-6-10-17(21)2)15-14-18(3)22-12-8-9-13-23(22)24/h6-13,20H,3-5,14-16H2,1-2H3. The molecule has 0 N–H and O–H groups in total. The van der Waals surface area contributed by atoms with Gasteiger partial charge in [0.2, 0.25) is 0 Å². The molecule has 1 atom stereocenters. The van der Waals surface area contributed by atoms with Gasteiger partial charge in [0.15, 0.2) is 0 Å². The van der Waals surface area contributed by atoms with E-state index in [4.69, 9.17) is 11.6 Å². The maximum Gasteiger partial charge on any atom is 0.0480 e. The summed E-state index contributed by atoms with van der Waals surface area (Å²) in [7, 11) is 0. The first-order chi connectivity index (χ1) is 11.5. The summed E-state index contributed by atoms with van der Waals surface area (Å²) in [4.78, 5) is 0. The third kappa shape index (κ3) is 4.85. The van der Waals surface area contributed by atoms with Gasteiger partial charge in [-0.15, -0.1) is 0 Å². The Balaban J connectivity index is 1.95. The Morgan fingerprint density at radius 3 is 2.21 bits per heavy atom. The van der Waals surface area contributed by atoms with Crippen LogP contribution < -0.4 is 0 Å². The smallest absolute Gasteiger partial charge is 0.0480 e. The van der Waals surface area contributed by atoms with Crippen molar-refractivity contribution in [1.82, 2.24) is 0 Å². The third-order valence-corrected chi connectivity index (χ3v) is 5.08. The molecule has 1 heteroatoms. The molecule has 126 valence electrons. The molecule has 0 bridgehead atoms. The zero-order chi connectivity index (χ0) is 17.5. The normalized spacial score (nSPS) is 12.0. The van der Waals surface area contributed by atoms with E-state index in [0.29, 0.717) is 5.92 Å². The minimum Gasteiger partial charge on any atom is -0.0952 e. The maximum absolute atomic E-state index is 6.28. The van der Waals surface area contributed by atoms with Gasteiger partial charge in [-0.3, -0.25) is 0 Å². The predicted molar refractivity (Wildman–Crippen MR) is 108 cm³/mol. The summed E-state index contributed by atoms with van der Waals surface area (Å²) in [6.45, 7) is 13.0. The molecule has 24 heavy (non-hydrogen) atoms. The molecule has 0 spiro atoms. The first-order valence-corrected chi connectivity index (χ1v) is 9.07. The largest absolute Gasteiger partial charge is 0.0952 e. The van der Waals surface area contributed by atoms with Crippen LogP contribution in [0.1, 0.15) is 49.3 Å². The lowest BCUT2D eigenvalue weighted by molar-refractivity contribution is 0.489. The van der Waals surface area contributed by atoms with Crippen LogP contribution in [0.25, 0.3) is 11.1 Å². The molecule has 0 fully saturated rings. The highest BCUT2D eigenvalue weighted by molar-refractivity contribution is 6.32. The molecule has 1 unspecified atom stereocenters. The number of halogens is 1. The number of rotatable bonds is 8. The topological polar surface area (TPSA) is 0 Å². The van der Waals surface area contributed by atoms with Gasteiger partial charge in [0.05, 0.1) is 0 Å². The van der Waals surface area contributed by atoms with Crippen molar-refractivity contribution < 1.29 is 0 Å². The van der Waals surface area contributed by atoms with Crippen LogP contribution in [0, 0.1) is 12.8 Å². The SMILES string of the molecule is C=C(CC(CC)CCC(=C)c1ccccc1Cl)c1ccccc1C. The Hall–Kier alpha value is -1.79. The number of hydrogen-bond acceptors (Lipinski definition) is 0. The number of benzene rings is 2. The Morgan fingerprint density at radius 1 is 0.958 bits per heavy atom. The molecule has 0 aliphatic carbocycles. The van der Waals surface area contributed by atoms with E-state index in [1.807, 2.05) is 18.2 Å². The third-order valence-electron chi connectivity index (χ3n) is 4.75. The van der Waals surface area contributed by atoms with Crippen molar-refractivity contribution in [2.24, 2.45) is 5.92 Å². The van der Waals surface area contributed by atoms with E-state index in [2.05, 4.69) is 57.3 Å². The van der Waals surface area contributed by atoms with Crippen LogP contribution in [-0.4, -0.2) is 0 Å². The Labute approximate surface area is 151 Å². The lowest BCUT2D eigenvalue weighted by Crippen LogP contribution is -2.02. The lowest BCUT2D eigenvalue weighted by atomic mass is 9.87. The van der Waals surface area contributed by atoms with Crippen LogP contribution in [-0.2, 0) is 0 Å². The van der Waals surface area contributed by atoms with Gasteiger partial charge in [-0.2, -0.15) is 0 Å². The van der Waals surface area contributed by atoms with Gasteiger partial charge in [0.1, 0.15) is 0 Å². The fraction of sp³-hybridized carbons (Fsp3) is 0.304. The van der Waals surface area contributed by atoms with Crippen LogP contribution >= 0.6 is 11.6 Å². The maximum atomic E-state index is 6.28. The molecular weight excluding hydrogens is 312 g/mol. The second-order valence-corrected chi connectivity index (χ2v) is 6.93. The van der Waals surface area contributed by atoms with E-state index in [1.54, 1.807) is 0 Å². The van der Waals surface area contributed by atoms with Crippen LogP contribution in [0.4, 0.5) is 0 Å². The van der Waals surface area contributed by atoms with Crippen LogP contribution in [0.5, 0.6) is 0 Å². The second kappa shape index (κ2) is 8.89. The van der Waals surface area contributed by atoms with Gasteiger partial charge < -0.3 is 0 Å². The van der Waals surface area contributed by atoms with Gasteiger partial charge in [-0.1, -0.05) is 80.6 Å². The van der Waals surface area contributed by atoms with E-state index in [0.717, 1.165) is 41.8 Å². The minimum absolute atomic E-state index is 0.622. The van der Waals surface area contributed by atoms with E-state index >= 15 is 0 Å². The van der Waals surface area contributed by atoms with Crippen LogP contribution in [0.3, 0.4) is 0 Å². The molecule has 2 aromatic rings. The molecule has 0 aromatic heterocycles. The van der Waals surface area contributed by atoms with E-state index in [-0.39, 0.29) is 0 Å². The molecule has 2 aromatic carbocycles. The summed E-state index contributed by atoms with van der Waals surface area (Å²) in [6.07, 6.45) is 4.28. The first kappa shape index (κ1) is 18.5. The summed E-state index contributed by atoms with van der Waals surface area (Å²) < 4.78 is 0. The van der Waals surface area contributed by atoms with Crippen molar-refractivity contribution in [2.75, 3.05) is 0 Å². The Kier molecular flexibility index (Phi) is 6.87. The average Bonchev–Trinajstić information content (AvgIpc) is 2.58. The van der Waals surface area contributed by atoms with E-state index in [9.17, 15) is 0 Å². The molecule has 0 amide bonds. The summed E-state index contributed by atoms with van der Waals surface area (Å²) >= 11 is 6.28. The summed E-state index contributed by atoms with van der Waals surface area (Å²) in [6, 6.07) is 16.5. The van der Waals surface area contributed by atoms with Gasteiger partial charge in [0, 0.05) is 5.02 Å². The zero-order valence-electron chi connectivity index (χ0n) is 14.8. The van der Waals surface area contributed by atoms with Crippen molar-refractivity contribution >= 4 is 22.7 Å². The highest BCUT2D eigenvalue weighted by atomic mass is 35.5. The van der Waals surface area contributed by atoms with Crippen molar-refractivity contribution in [3.63, 3.8) is 0 Å². The molecule has 0 aliphatic heterocycles. The highest BCUT2D eigenvalue weighted by Gasteiger charge is 2.12. The zero-order valence-corrected chi connectivity index (χ0v) is 15.6. The molecule has 0 radical (unpaired) electrons. The van der Waals surface area contributed by atoms with Crippen molar-refractivity contribution in [3.8, 4) is 0 Å². The van der Waals surface area contributed by atoms with E-state index in [1.165, 1.54) is 16.7 Å². The quantitative estimate of drug-likeness (QED) is 0.465. The molecular formula is C23H27Cl. The fourth-order valence-electron chi connectivity index (χ4n) is 3.14. The summed E-state index contributed by atoms with van der Waals surface area (Å²) in [5.74, 6) is 0.622. The fourth-order valence-corrected chi connectivity index (χ4v) is 3.41.